The van der Waals surface area contributed by atoms with Crippen LogP contribution in [0.15, 0.2) is 6.07 Å². The van der Waals surface area contributed by atoms with Crippen molar-refractivity contribution in [2.75, 3.05) is 0 Å². The fourth-order valence-corrected chi connectivity index (χ4v) is 7.18. The highest BCUT2D eigenvalue weighted by molar-refractivity contribution is 6.07. The smallest absolute Gasteiger partial charge is 0.252 e. The van der Waals surface area contributed by atoms with Crippen molar-refractivity contribution in [3.63, 3.8) is 0 Å². The molecule has 5 nitrogen and oxygen atoms in total. The maximum Gasteiger partial charge on any atom is 0.252 e. The lowest BCUT2D eigenvalue weighted by Gasteiger charge is -2.56. The quantitative estimate of drug-likeness (QED) is 0.725. The fourth-order valence-electron chi connectivity index (χ4n) is 7.18. The Morgan fingerprint density at radius 2 is 1.83 bits per heavy atom. The van der Waals surface area contributed by atoms with Gasteiger partial charge in [0, 0.05) is 23.7 Å². The number of unbranched alkanes of at least 4 members (excludes halogenated alkanes) is 1. The van der Waals surface area contributed by atoms with Crippen molar-refractivity contribution < 1.29 is 4.79 Å². The Labute approximate surface area is 179 Å². The highest BCUT2D eigenvalue weighted by Crippen LogP contribution is 2.55. The van der Waals surface area contributed by atoms with E-state index in [-0.39, 0.29) is 11.4 Å². The summed E-state index contributed by atoms with van der Waals surface area (Å²) in [5, 5.41) is 9.36. The Balaban J connectivity index is 1.38. The lowest BCUT2D eigenvalue weighted by atomic mass is 9.53. The van der Waals surface area contributed by atoms with Crippen molar-refractivity contribution >= 4 is 16.9 Å². The molecule has 2 heterocycles. The van der Waals surface area contributed by atoms with Gasteiger partial charge >= 0.3 is 0 Å². The van der Waals surface area contributed by atoms with Gasteiger partial charge in [-0.1, -0.05) is 13.3 Å². The average molecular weight is 407 g/mol. The molecular formula is C25H34N4O. The topological polar surface area (TPSA) is 59.8 Å². The van der Waals surface area contributed by atoms with Gasteiger partial charge in [-0.15, -0.1) is 0 Å². The zero-order valence-electron chi connectivity index (χ0n) is 18.4. The first-order chi connectivity index (χ1) is 14.5. The van der Waals surface area contributed by atoms with E-state index in [0.29, 0.717) is 5.92 Å². The number of pyridine rings is 1. The number of aromatic nitrogens is 3. The van der Waals surface area contributed by atoms with Crippen molar-refractivity contribution in [1.82, 2.24) is 20.1 Å². The average Bonchev–Trinajstić information content (AvgIpc) is 3.49. The van der Waals surface area contributed by atoms with Crippen LogP contribution in [0.25, 0.3) is 11.0 Å². The largest absolute Gasteiger partial charge is 0.347 e. The zero-order chi connectivity index (χ0) is 20.5. The molecule has 1 amide bonds. The van der Waals surface area contributed by atoms with Crippen LogP contribution < -0.4 is 5.32 Å². The Morgan fingerprint density at radius 3 is 2.43 bits per heavy atom. The predicted octanol–water partition coefficient (Wildman–Crippen LogP) is 5.12. The molecule has 5 saturated carbocycles. The SMILES string of the molecule is CCCCn1nc(C)c2c(C(=O)NC34CC5CC(CC(C5)C3)C4)cc(C3CC3)nc21. The summed E-state index contributed by atoms with van der Waals surface area (Å²) in [6.45, 7) is 5.11. The maximum atomic E-state index is 13.7. The van der Waals surface area contributed by atoms with Gasteiger partial charge in [-0.3, -0.25) is 4.79 Å². The van der Waals surface area contributed by atoms with E-state index in [4.69, 9.17) is 10.1 Å². The molecule has 0 radical (unpaired) electrons. The summed E-state index contributed by atoms with van der Waals surface area (Å²) in [4.78, 5) is 18.7. The minimum atomic E-state index is 0.0350. The van der Waals surface area contributed by atoms with Crippen molar-refractivity contribution in [1.29, 1.82) is 0 Å². The van der Waals surface area contributed by atoms with E-state index in [1.54, 1.807) is 0 Å². The lowest BCUT2D eigenvalue weighted by Crippen LogP contribution is -2.59. The molecular weight excluding hydrogens is 372 g/mol. The molecule has 5 fully saturated rings. The van der Waals surface area contributed by atoms with Crippen LogP contribution in [0.3, 0.4) is 0 Å². The van der Waals surface area contributed by atoms with Gasteiger partial charge in [0.1, 0.15) is 0 Å². The van der Waals surface area contributed by atoms with Gasteiger partial charge in [0.25, 0.3) is 5.91 Å². The van der Waals surface area contributed by atoms with Gasteiger partial charge in [-0.2, -0.15) is 5.10 Å². The molecule has 0 unspecified atom stereocenters. The summed E-state index contributed by atoms with van der Waals surface area (Å²) in [6.07, 6.45) is 12.3. The first kappa shape index (κ1) is 18.8. The molecule has 2 aromatic heterocycles. The Kier molecular flexibility index (Phi) is 4.26. The summed E-state index contributed by atoms with van der Waals surface area (Å²) in [5.74, 6) is 3.12. The Morgan fingerprint density at radius 1 is 1.17 bits per heavy atom. The third-order valence-corrected chi connectivity index (χ3v) is 8.28. The Bertz CT molecular complexity index is 967. The predicted molar refractivity (Wildman–Crippen MR) is 118 cm³/mol. The number of carbonyl (C=O) groups is 1. The van der Waals surface area contributed by atoms with Crippen molar-refractivity contribution in [3.8, 4) is 0 Å². The summed E-state index contributed by atoms with van der Waals surface area (Å²) in [6, 6.07) is 2.09. The molecule has 160 valence electrons. The van der Waals surface area contributed by atoms with E-state index in [1.165, 1.54) is 51.4 Å². The molecule has 5 aliphatic rings. The third kappa shape index (κ3) is 3.07. The summed E-state index contributed by atoms with van der Waals surface area (Å²) < 4.78 is 2.04. The molecule has 0 aliphatic heterocycles. The molecule has 2 aromatic rings. The summed E-state index contributed by atoms with van der Waals surface area (Å²) >= 11 is 0. The number of hydrogen-bond donors (Lipinski definition) is 1. The molecule has 7 rings (SSSR count). The van der Waals surface area contributed by atoms with E-state index >= 15 is 0 Å². The normalized spacial score (nSPS) is 32.1. The highest BCUT2D eigenvalue weighted by atomic mass is 16.1. The molecule has 30 heavy (non-hydrogen) atoms. The number of amides is 1. The van der Waals surface area contributed by atoms with Gasteiger partial charge in [0.2, 0.25) is 0 Å². The second-order valence-electron chi connectivity index (χ2n) is 10.9. The van der Waals surface area contributed by atoms with Gasteiger partial charge < -0.3 is 5.32 Å². The van der Waals surface area contributed by atoms with Crippen LogP contribution in [-0.4, -0.2) is 26.2 Å². The first-order valence-electron chi connectivity index (χ1n) is 12.2. The van der Waals surface area contributed by atoms with Crippen molar-refractivity contribution in [2.24, 2.45) is 17.8 Å². The number of nitrogens with zero attached hydrogens (tertiary/aromatic N) is 3. The fraction of sp³-hybridized carbons (Fsp3) is 0.720. The summed E-state index contributed by atoms with van der Waals surface area (Å²) in [7, 11) is 0. The van der Waals surface area contributed by atoms with E-state index in [2.05, 4.69) is 18.3 Å². The molecule has 5 aliphatic carbocycles. The van der Waals surface area contributed by atoms with E-state index in [1.807, 2.05) is 11.6 Å². The minimum absolute atomic E-state index is 0.0350. The molecule has 0 spiro atoms. The molecule has 1 N–H and O–H groups in total. The second-order valence-corrected chi connectivity index (χ2v) is 10.9. The third-order valence-electron chi connectivity index (χ3n) is 8.28. The molecule has 0 aromatic carbocycles. The van der Waals surface area contributed by atoms with E-state index < -0.39 is 0 Å². The number of rotatable bonds is 6. The van der Waals surface area contributed by atoms with Crippen LogP contribution >= 0.6 is 0 Å². The molecule has 0 saturated heterocycles. The monoisotopic (exact) mass is 406 g/mol. The van der Waals surface area contributed by atoms with E-state index in [0.717, 1.165) is 65.1 Å². The van der Waals surface area contributed by atoms with Crippen LogP contribution in [0.4, 0.5) is 0 Å². The zero-order valence-corrected chi connectivity index (χ0v) is 18.4. The highest BCUT2D eigenvalue weighted by Gasteiger charge is 2.51. The standard InChI is InChI=1S/C25H34N4O/c1-3-4-7-29-23-22(15(2)28-29)20(11-21(26-23)19-5-6-19)24(30)27-25-12-16-8-17(13-25)10-18(9-16)14-25/h11,16-19H,3-10,12-14H2,1-2H3,(H,27,30). The minimum Gasteiger partial charge on any atom is -0.347 e. The van der Waals surface area contributed by atoms with Crippen LogP contribution in [0, 0.1) is 24.7 Å². The van der Waals surface area contributed by atoms with Gasteiger partial charge in [-0.05, 0) is 88.5 Å². The van der Waals surface area contributed by atoms with Crippen molar-refractivity contribution in [3.05, 3.63) is 23.0 Å². The molecule has 4 bridgehead atoms. The van der Waals surface area contributed by atoms with Crippen LogP contribution in [0.5, 0.6) is 0 Å². The van der Waals surface area contributed by atoms with Gasteiger partial charge in [0.05, 0.1) is 16.6 Å². The Hall–Kier alpha value is -1.91. The number of carbonyl (C=O) groups excluding carboxylic acids is 1. The first-order valence-corrected chi connectivity index (χ1v) is 12.2. The van der Waals surface area contributed by atoms with Crippen LogP contribution in [-0.2, 0) is 6.54 Å². The summed E-state index contributed by atoms with van der Waals surface area (Å²) in [5.41, 5.74) is 3.80. The van der Waals surface area contributed by atoms with Crippen LogP contribution in [0.2, 0.25) is 0 Å². The van der Waals surface area contributed by atoms with Gasteiger partial charge in [0.15, 0.2) is 5.65 Å². The van der Waals surface area contributed by atoms with Crippen LogP contribution in [0.1, 0.15) is 98.8 Å². The number of nitrogens with one attached hydrogen (secondary N) is 1. The lowest BCUT2D eigenvalue weighted by molar-refractivity contribution is -0.0166. The molecule has 5 heteroatoms. The maximum absolute atomic E-state index is 13.7. The van der Waals surface area contributed by atoms with Crippen molar-refractivity contribution in [2.45, 2.75) is 96.1 Å². The van der Waals surface area contributed by atoms with E-state index in [9.17, 15) is 4.79 Å². The second kappa shape index (κ2) is 6.80. The van der Waals surface area contributed by atoms with Gasteiger partial charge in [-0.25, -0.2) is 9.67 Å². The molecule has 0 atom stereocenters. The number of fused-ring (bicyclic) bond motifs is 1. The number of hydrogen-bond acceptors (Lipinski definition) is 3. The number of aryl methyl sites for hydroxylation is 2.